The lowest BCUT2D eigenvalue weighted by atomic mass is 9.69. The van der Waals surface area contributed by atoms with Crippen molar-refractivity contribution in [3.63, 3.8) is 0 Å². The molecule has 2 aliphatic carbocycles. The van der Waals surface area contributed by atoms with E-state index in [1.165, 1.54) is 298 Å². The first-order valence-corrected chi connectivity index (χ1v) is 41.7. The SMILES string of the molecule is CCCCCCCCC1(CCCCCCCC)c2cc(C)ccc2-c2ccc(-c3cc(-c4ccc5c(c4)C(CCCCCCCC)(CCCCCCCC)c4cc(-c6cccc(-c7ccccc7-c7cccc(C)c7)c6)ccc4-5)cc(-c4ccc5sc6cc7oc8ccccc8c7cc6c5c4)c3)cc21. The third-order valence-corrected chi connectivity index (χ3v) is 25.5. The Labute approximate surface area is 626 Å². The number of para-hydroxylation sites is 1. The van der Waals surface area contributed by atoms with Crippen LogP contribution in [0.2, 0.25) is 0 Å². The zero-order chi connectivity index (χ0) is 71.0. The lowest BCUT2D eigenvalue weighted by Crippen LogP contribution is -2.25. The first kappa shape index (κ1) is 71.1. The third-order valence-electron chi connectivity index (χ3n) is 24.4. The van der Waals surface area contributed by atoms with E-state index in [-0.39, 0.29) is 10.8 Å². The van der Waals surface area contributed by atoms with Crippen LogP contribution in [0.4, 0.5) is 0 Å². The molecule has 15 rings (SSSR count). The van der Waals surface area contributed by atoms with Gasteiger partial charge in [-0.3, -0.25) is 0 Å². The van der Waals surface area contributed by atoms with E-state index < -0.39 is 0 Å². The second kappa shape index (κ2) is 32.4. The standard InChI is InChI=1S/C102H110OS/c1-7-11-15-19-23-31-55-101(56-32-24-20-16-12-8-2)93-60-72(6)45-50-85(93)86-52-47-76(67-95(86)101)81-62-80(74-49-54-99-91(65-74)92-69-90-89-43-29-30-44-97(89)103-98(90)70-100(92)104-99)63-82(64-81)77-48-53-88-87-51-46-75(73-38-36-40-79(61-73)84-42-28-27-41-83(84)78-39-35-37-71(5)59-78)66-94(87)102(96(88)68-77,57-33-25-21-17-13-9-3)58-34-26-22-18-14-10-4/h27-30,35-54,59-70H,7-26,31-34,55-58H2,1-6H3. The maximum Gasteiger partial charge on any atom is 0.136 e. The fourth-order valence-corrected chi connectivity index (χ4v) is 19.9. The van der Waals surface area contributed by atoms with Crippen molar-refractivity contribution < 1.29 is 4.42 Å². The summed E-state index contributed by atoms with van der Waals surface area (Å²) in [5.41, 5.74) is 31.8. The van der Waals surface area contributed by atoms with Crippen LogP contribution >= 0.6 is 11.3 Å². The van der Waals surface area contributed by atoms with Crippen molar-refractivity contribution >= 4 is 53.4 Å². The second-order valence-electron chi connectivity index (χ2n) is 31.6. The summed E-state index contributed by atoms with van der Waals surface area (Å²) in [4.78, 5) is 0. The number of benzene rings is 11. The number of fused-ring (bicyclic) bond motifs is 12. The molecule has 2 heteroatoms. The number of rotatable bonds is 34. The molecule has 2 aromatic heterocycles. The summed E-state index contributed by atoms with van der Waals surface area (Å²) in [5, 5.41) is 4.97. The van der Waals surface area contributed by atoms with Crippen LogP contribution in [0, 0.1) is 13.8 Å². The van der Waals surface area contributed by atoms with Crippen molar-refractivity contribution in [3.8, 4) is 89.0 Å². The van der Waals surface area contributed by atoms with Crippen molar-refractivity contribution in [2.24, 2.45) is 0 Å². The van der Waals surface area contributed by atoms with Gasteiger partial charge in [0.2, 0.25) is 0 Å². The lowest BCUT2D eigenvalue weighted by Gasteiger charge is -2.33. The van der Waals surface area contributed by atoms with Gasteiger partial charge < -0.3 is 4.42 Å². The Morgan fingerprint density at radius 3 is 1.14 bits per heavy atom. The van der Waals surface area contributed by atoms with Crippen molar-refractivity contribution in [2.45, 2.75) is 232 Å². The summed E-state index contributed by atoms with van der Waals surface area (Å²) in [7, 11) is 0. The smallest absolute Gasteiger partial charge is 0.136 e. The zero-order valence-corrected chi connectivity index (χ0v) is 64.2. The molecule has 0 amide bonds. The number of aryl methyl sites for hydroxylation is 2. The van der Waals surface area contributed by atoms with Crippen molar-refractivity contribution in [2.75, 3.05) is 0 Å². The van der Waals surface area contributed by atoms with Gasteiger partial charge in [0.25, 0.3) is 0 Å². The van der Waals surface area contributed by atoms with E-state index in [9.17, 15) is 0 Å². The van der Waals surface area contributed by atoms with Gasteiger partial charge in [-0.05, 0) is 224 Å². The quantitative estimate of drug-likeness (QED) is 0.0366. The fraction of sp³-hybridized carbons (Fsp3) is 0.353. The second-order valence-corrected chi connectivity index (χ2v) is 32.7. The van der Waals surface area contributed by atoms with Gasteiger partial charge in [-0.25, -0.2) is 0 Å². The average molecular weight is 1380 g/mol. The summed E-state index contributed by atoms with van der Waals surface area (Å²) < 4.78 is 9.07. The Bertz CT molecular complexity index is 5120. The van der Waals surface area contributed by atoms with Gasteiger partial charge in [0.1, 0.15) is 11.2 Å². The van der Waals surface area contributed by atoms with E-state index in [0.29, 0.717) is 0 Å². The van der Waals surface area contributed by atoms with E-state index in [1.807, 2.05) is 11.3 Å². The van der Waals surface area contributed by atoms with E-state index in [1.54, 1.807) is 22.3 Å². The van der Waals surface area contributed by atoms with Gasteiger partial charge in [-0.2, -0.15) is 0 Å². The molecule has 0 N–H and O–H groups in total. The number of hydrogen-bond acceptors (Lipinski definition) is 2. The molecule has 13 aromatic rings. The minimum Gasteiger partial charge on any atom is -0.456 e. The number of furan rings is 1. The molecule has 104 heavy (non-hydrogen) atoms. The van der Waals surface area contributed by atoms with Crippen molar-refractivity contribution in [1.29, 1.82) is 0 Å². The van der Waals surface area contributed by atoms with Crippen LogP contribution in [0.3, 0.4) is 0 Å². The van der Waals surface area contributed by atoms with Crippen LogP contribution in [-0.4, -0.2) is 0 Å². The molecule has 2 aliphatic rings. The topological polar surface area (TPSA) is 13.1 Å². The summed E-state index contributed by atoms with van der Waals surface area (Å²) >= 11 is 1.88. The first-order valence-electron chi connectivity index (χ1n) is 40.9. The summed E-state index contributed by atoms with van der Waals surface area (Å²) in [6.07, 6.45) is 35.8. The Morgan fingerprint density at radius 1 is 0.240 bits per heavy atom. The Morgan fingerprint density at radius 2 is 0.625 bits per heavy atom. The van der Waals surface area contributed by atoms with Gasteiger partial charge in [0.15, 0.2) is 0 Å². The lowest BCUT2D eigenvalue weighted by molar-refractivity contribution is 0.398. The zero-order valence-electron chi connectivity index (χ0n) is 63.4. The average Bonchev–Trinajstić information content (AvgIpc) is 1.57. The minimum atomic E-state index is -0.137. The molecule has 0 aliphatic heterocycles. The Balaban J connectivity index is 0.886. The van der Waals surface area contributed by atoms with Gasteiger partial charge >= 0.3 is 0 Å². The molecule has 1 nitrogen and oxygen atoms in total. The van der Waals surface area contributed by atoms with Gasteiger partial charge in [0.05, 0.1) is 0 Å². The predicted molar refractivity (Wildman–Crippen MR) is 453 cm³/mol. The molecule has 0 fully saturated rings. The molecule has 0 radical (unpaired) electrons. The Kier molecular flexibility index (Phi) is 22.2. The molecule has 0 bridgehead atoms. The highest BCUT2D eigenvalue weighted by Crippen LogP contribution is 2.58. The number of hydrogen-bond donors (Lipinski definition) is 0. The molecular formula is C102H110OS. The van der Waals surface area contributed by atoms with Crippen molar-refractivity contribution in [1.82, 2.24) is 0 Å². The van der Waals surface area contributed by atoms with Crippen LogP contribution in [-0.2, 0) is 10.8 Å². The van der Waals surface area contributed by atoms with E-state index >= 15 is 0 Å². The molecule has 0 atom stereocenters. The summed E-state index contributed by atoms with van der Waals surface area (Å²) in [5.74, 6) is 0. The number of unbranched alkanes of at least 4 members (excludes halogenated alkanes) is 20. The largest absolute Gasteiger partial charge is 0.456 e. The maximum absolute atomic E-state index is 6.50. The fourth-order valence-electron chi connectivity index (χ4n) is 18.8. The van der Waals surface area contributed by atoms with Crippen LogP contribution in [0.5, 0.6) is 0 Å². The highest BCUT2D eigenvalue weighted by atomic mass is 32.1. The molecule has 0 unspecified atom stereocenters. The maximum atomic E-state index is 6.50. The summed E-state index contributed by atoms with van der Waals surface area (Å²) in [6.45, 7) is 13.9. The Hall–Kier alpha value is -8.56. The highest BCUT2D eigenvalue weighted by Gasteiger charge is 2.44. The van der Waals surface area contributed by atoms with Gasteiger partial charge in [-0.15, -0.1) is 11.3 Å². The molecule has 11 aromatic carbocycles. The van der Waals surface area contributed by atoms with Crippen LogP contribution in [0.25, 0.3) is 131 Å². The predicted octanol–water partition coefficient (Wildman–Crippen LogP) is 32.1. The van der Waals surface area contributed by atoms with E-state index in [0.717, 1.165) is 24.0 Å². The minimum absolute atomic E-state index is 0.0283. The van der Waals surface area contributed by atoms with Crippen molar-refractivity contribution in [3.05, 3.63) is 252 Å². The van der Waals surface area contributed by atoms with E-state index in [4.69, 9.17) is 4.42 Å². The van der Waals surface area contributed by atoms with Crippen LogP contribution in [0.1, 0.15) is 241 Å². The van der Waals surface area contributed by atoms with Crippen LogP contribution in [0.15, 0.2) is 223 Å². The molecule has 530 valence electrons. The third kappa shape index (κ3) is 14.5. The molecular weight excluding hydrogens is 1270 g/mol. The van der Waals surface area contributed by atoms with E-state index in [2.05, 4.69) is 260 Å². The van der Waals surface area contributed by atoms with Gasteiger partial charge in [-0.1, -0.05) is 339 Å². The van der Waals surface area contributed by atoms with Gasteiger partial charge in [0, 0.05) is 41.8 Å². The highest BCUT2D eigenvalue weighted by molar-refractivity contribution is 7.25. The first-order chi connectivity index (χ1) is 51.2. The monoisotopic (exact) mass is 1380 g/mol. The molecule has 0 saturated carbocycles. The normalized spacial score (nSPS) is 13.4. The molecule has 0 saturated heterocycles. The number of thiophene rings is 1. The molecule has 2 heterocycles. The van der Waals surface area contributed by atoms with Crippen LogP contribution < -0.4 is 0 Å². The molecule has 0 spiro atoms. The summed E-state index contributed by atoms with van der Waals surface area (Å²) in [6, 6.07) is 86.3.